The van der Waals surface area contributed by atoms with E-state index < -0.39 is 11.5 Å². The number of aryl methyl sites for hydroxylation is 1. The van der Waals surface area contributed by atoms with Gasteiger partial charge in [-0.05, 0) is 25.7 Å². The van der Waals surface area contributed by atoms with E-state index in [0.717, 1.165) is 18.7 Å². The summed E-state index contributed by atoms with van der Waals surface area (Å²) >= 11 is 0. The van der Waals surface area contributed by atoms with Crippen LogP contribution < -0.4 is 5.32 Å². The Morgan fingerprint density at radius 1 is 1.24 bits per heavy atom. The number of nitrogens with one attached hydrogen (secondary N) is 1. The van der Waals surface area contributed by atoms with Crippen molar-refractivity contribution in [3.63, 3.8) is 0 Å². The van der Waals surface area contributed by atoms with Gasteiger partial charge in [0, 0.05) is 32.0 Å². The number of carboxylic acids is 1. The molecule has 1 aromatic heterocycles. The average molecular weight is 351 g/mol. The lowest BCUT2D eigenvalue weighted by Crippen LogP contribution is -2.53. The lowest BCUT2D eigenvalue weighted by molar-refractivity contribution is -0.140. The maximum Gasteiger partial charge on any atom is 0.305 e. The third kappa shape index (κ3) is 4.78. The highest BCUT2D eigenvalue weighted by atomic mass is 16.5. The fourth-order valence-corrected chi connectivity index (χ4v) is 3.70. The quantitative estimate of drug-likeness (QED) is 0.769. The van der Waals surface area contributed by atoms with Crippen molar-refractivity contribution in [3.05, 3.63) is 11.7 Å². The first-order chi connectivity index (χ1) is 12.1. The highest BCUT2D eigenvalue weighted by Crippen LogP contribution is 2.32. The van der Waals surface area contributed by atoms with Crippen LogP contribution in [0.4, 0.5) is 0 Å². The molecule has 2 aliphatic rings. The maximum atomic E-state index is 12.3. The molecule has 0 atom stereocenters. The predicted molar refractivity (Wildman–Crippen MR) is 87.0 cm³/mol. The zero-order chi connectivity index (χ0) is 17.7. The topological polar surface area (TPSA) is 115 Å². The van der Waals surface area contributed by atoms with Crippen molar-refractivity contribution in [2.75, 3.05) is 13.2 Å². The number of rotatable bonds is 7. The molecule has 0 bridgehead atoms. The highest BCUT2D eigenvalue weighted by molar-refractivity contribution is 5.78. The number of hydrogen-bond donors (Lipinski definition) is 2. The molecule has 2 N–H and O–H groups in total. The standard InChI is InChI=1S/C17H25N3O5/c21-13(19-17(11-15(22)23)7-9-24-10-8-17)5-6-14-18-16(20-25-14)12-3-1-2-4-12/h12H,1-11H2,(H,19,21)(H,22,23). The molecule has 0 spiro atoms. The van der Waals surface area contributed by atoms with Gasteiger partial charge in [-0.3, -0.25) is 9.59 Å². The van der Waals surface area contributed by atoms with Gasteiger partial charge in [-0.2, -0.15) is 4.98 Å². The van der Waals surface area contributed by atoms with Crippen LogP contribution in [0.25, 0.3) is 0 Å². The van der Waals surface area contributed by atoms with E-state index in [2.05, 4.69) is 15.5 Å². The number of aromatic nitrogens is 2. The second-order valence-corrected chi connectivity index (χ2v) is 7.04. The van der Waals surface area contributed by atoms with Gasteiger partial charge in [-0.1, -0.05) is 18.0 Å². The van der Waals surface area contributed by atoms with Crippen LogP contribution in [-0.2, 0) is 20.7 Å². The van der Waals surface area contributed by atoms with Crippen LogP contribution >= 0.6 is 0 Å². The molecule has 0 aromatic carbocycles. The van der Waals surface area contributed by atoms with Gasteiger partial charge in [-0.15, -0.1) is 0 Å². The monoisotopic (exact) mass is 351 g/mol. The summed E-state index contributed by atoms with van der Waals surface area (Å²) in [5, 5.41) is 16.1. The number of aliphatic carboxylic acids is 1. The number of carboxylic acid groups (broad SMARTS) is 1. The zero-order valence-electron chi connectivity index (χ0n) is 14.3. The molecule has 1 amide bonds. The molecule has 0 radical (unpaired) electrons. The average Bonchev–Trinajstić information content (AvgIpc) is 3.24. The minimum Gasteiger partial charge on any atom is -0.481 e. The molecule has 1 aliphatic heterocycles. The molecule has 1 saturated heterocycles. The molecule has 2 fully saturated rings. The molecule has 25 heavy (non-hydrogen) atoms. The van der Waals surface area contributed by atoms with E-state index in [1.54, 1.807) is 0 Å². The van der Waals surface area contributed by atoms with Crippen molar-refractivity contribution in [3.8, 4) is 0 Å². The van der Waals surface area contributed by atoms with Gasteiger partial charge in [0.05, 0.1) is 12.0 Å². The summed E-state index contributed by atoms with van der Waals surface area (Å²) in [6.45, 7) is 0.921. The van der Waals surface area contributed by atoms with Crippen molar-refractivity contribution >= 4 is 11.9 Å². The molecule has 8 heteroatoms. The van der Waals surface area contributed by atoms with Gasteiger partial charge < -0.3 is 19.7 Å². The molecule has 1 saturated carbocycles. The van der Waals surface area contributed by atoms with E-state index in [4.69, 9.17) is 14.4 Å². The molecule has 1 aromatic rings. The summed E-state index contributed by atoms with van der Waals surface area (Å²) in [4.78, 5) is 27.8. The van der Waals surface area contributed by atoms with Crippen LogP contribution in [0.1, 0.15) is 69.0 Å². The van der Waals surface area contributed by atoms with Gasteiger partial charge >= 0.3 is 5.97 Å². The Hall–Kier alpha value is -1.96. The maximum absolute atomic E-state index is 12.3. The van der Waals surface area contributed by atoms with Crippen molar-refractivity contribution in [1.82, 2.24) is 15.5 Å². The van der Waals surface area contributed by atoms with Gasteiger partial charge in [0.25, 0.3) is 0 Å². The Kier molecular flexibility index (Phi) is 5.67. The first kappa shape index (κ1) is 17.8. The summed E-state index contributed by atoms with van der Waals surface area (Å²) in [5.74, 6) is 0.493. The Labute approximate surface area is 146 Å². The van der Waals surface area contributed by atoms with E-state index in [1.165, 1.54) is 12.8 Å². The Morgan fingerprint density at radius 3 is 2.64 bits per heavy atom. The normalized spacial score (nSPS) is 20.5. The summed E-state index contributed by atoms with van der Waals surface area (Å²) < 4.78 is 10.5. The van der Waals surface area contributed by atoms with Gasteiger partial charge in [-0.25, -0.2) is 0 Å². The third-order valence-electron chi connectivity index (χ3n) is 5.11. The number of amides is 1. The van der Waals surface area contributed by atoms with Crippen LogP contribution in [0.2, 0.25) is 0 Å². The Morgan fingerprint density at radius 2 is 1.96 bits per heavy atom. The van der Waals surface area contributed by atoms with Crippen molar-refractivity contribution < 1.29 is 24.0 Å². The highest BCUT2D eigenvalue weighted by Gasteiger charge is 2.36. The number of hydrogen-bond acceptors (Lipinski definition) is 6. The molecule has 138 valence electrons. The molecule has 2 heterocycles. The largest absolute Gasteiger partial charge is 0.481 e. The fraction of sp³-hybridized carbons (Fsp3) is 0.765. The van der Waals surface area contributed by atoms with Crippen LogP contribution in [0.15, 0.2) is 4.52 Å². The predicted octanol–water partition coefficient (Wildman–Crippen LogP) is 1.80. The summed E-state index contributed by atoms with van der Waals surface area (Å²) in [7, 11) is 0. The first-order valence-electron chi connectivity index (χ1n) is 8.99. The van der Waals surface area contributed by atoms with Gasteiger partial charge in [0.1, 0.15) is 0 Å². The number of ether oxygens (including phenoxy) is 1. The molecule has 1 aliphatic carbocycles. The second-order valence-electron chi connectivity index (χ2n) is 7.04. The number of nitrogens with zero attached hydrogens (tertiary/aromatic N) is 2. The van der Waals surface area contributed by atoms with E-state index >= 15 is 0 Å². The number of carbonyl (C=O) groups is 2. The zero-order valence-corrected chi connectivity index (χ0v) is 14.3. The van der Waals surface area contributed by atoms with Crippen molar-refractivity contribution in [1.29, 1.82) is 0 Å². The molecule has 8 nitrogen and oxygen atoms in total. The molecule has 0 unspecified atom stereocenters. The van der Waals surface area contributed by atoms with Gasteiger partial charge in [0.2, 0.25) is 11.8 Å². The molecular weight excluding hydrogens is 326 g/mol. The van der Waals surface area contributed by atoms with Crippen LogP contribution in [0.3, 0.4) is 0 Å². The van der Waals surface area contributed by atoms with Crippen molar-refractivity contribution in [2.24, 2.45) is 0 Å². The van der Waals surface area contributed by atoms with Crippen molar-refractivity contribution in [2.45, 2.75) is 69.2 Å². The summed E-state index contributed by atoms with van der Waals surface area (Å²) in [6.07, 6.45) is 6.10. The number of carbonyl (C=O) groups excluding carboxylic acids is 1. The van der Waals surface area contributed by atoms with Crippen LogP contribution in [0.5, 0.6) is 0 Å². The smallest absolute Gasteiger partial charge is 0.305 e. The SMILES string of the molecule is O=C(O)CC1(NC(=O)CCc2nc(C3CCCC3)no2)CCOCC1. The third-order valence-corrected chi connectivity index (χ3v) is 5.11. The fourth-order valence-electron chi connectivity index (χ4n) is 3.70. The Bertz CT molecular complexity index is 603. The van der Waals surface area contributed by atoms with Crippen LogP contribution in [0, 0.1) is 0 Å². The van der Waals surface area contributed by atoms with E-state index in [0.29, 0.717) is 44.3 Å². The summed E-state index contributed by atoms with van der Waals surface area (Å²) in [5.41, 5.74) is -0.717. The minimum atomic E-state index is -0.916. The lowest BCUT2D eigenvalue weighted by atomic mass is 9.86. The molecule has 3 rings (SSSR count). The minimum absolute atomic E-state index is 0.0888. The Balaban J connectivity index is 1.52. The van der Waals surface area contributed by atoms with Gasteiger partial charge in [0.15, 0.2) is 5.82 Å². The second kappa shape index (κ2) is 7.95. The van der Waals surface area contributed by atoms with E-state index in [9.17, 15) is 9.59 Å². The lowest BCUT2D eigenvalue weighted by Gasteiger charge is -2.36. The van der Waals surface area contributed by atoms with Crippen LogP contribution in [-0.4, -0.2) is 45.9 Å². The van der Waals surface area contributed by atoms with E-state index in [1.807, 2.05) is 0 Å². The van der Waals surface area contributed by atoms with E-state index in [-0.39, 0.29) is 18.7 Å². The summed E-state index contributed by atoms with van der Waals surface area (Å²) in [6, 6.07) is 0. The first-order valence-corrected chi connectivity index (χ1v) is 8.99. The molecular formula is C17H25N3O5.